The molecule has 2 aromatic rings. The van der Waals surface area contributed by atoms with Gasteiger partial charge in [0.15, 0.2) is 11.5 Å². The summed E-state index contributed by atoms with van der Waals surface area (Å²) in [6.07, 6.45) is 0. The lowest BCUT2D eigenvalue weighted by atomic mass is 10.2. The summed E-state index contributed by atoms with van der Waals surface area (Å²) in [6, 6.07) is 16.3. The van der Waals surface area contributed by atoms with Crippen molar-refractivity contribution in [1.82, 2.24) is 0 Å². The van der Waals surface area contributed by atoms with Gasteiger partial charge >= 0.3 is 0 Å². The summed E-state index contributed by atoms with van der Waals surface area (Å²) in [5.41, 5.74) is 2.39. The number of rotatable bonds is 7. The Labute approximate surface area is 120 Å². The highest BCUT2D eigenvalue weighted by Gasteiger charge is 2.07. The van der Waals surface area contributed by atoms with E-state index in [4.69, 9.17) is 9.47 Å². The molecule has 0 unspecified atom stereocenters. The average Bonchev–Trinajstić information content (AvgIpc) is 2.48. The summed E-state index contributed by atoms with van der Waals surface area (Å²) in [6.45, 7) is 4.12. The highest BCUT2D eigenvalue weighted by molar-refractivity contribution is 5.43. The molecule has 0 aliphatic carbocycles. The maximum atomic E-state index is 5.87. The Morgan fingerprint density at radius 2 is 1.70 bits per heavy atom. The van der Waals surface area contributed by atoms with E-state index in [-0.39, 0.29) is 0 Å². The zero-order valence-corrected chi connectivity index (χ0v) is 12.1. The molecule has 2 rings (SSSR count). The molecule has 0 atom stereocenters. The fourth-order valence-electron chi connectivity index (χ4n) is 2.04. The van der Waals surface area contributed by atoms with Gasteiger partial charge in [-0.15, -0.1) is 0 Å². The molecule has 2 aromatic carbocycles. The van der Waals surface area contributed by atoms with Crippen LogP contribution in [0.1, 0.15) is 18.1 Å². The monoisotopic (exact) mass is 272 g/mol. The molecule has 0 bridgehead atoms. The molecule has 0 aliphatic rings. The summed E-state index contributed by atoms with van der Waals surface area (Å²) in [4.78, 5) is 0. The Kier molecular flexibility index (Phi) is 5.44. The van der Waals surface area contributed by atoms with Gasteiger partial charge in [0.25, 0.3) is 0 Å². The predicted octanol–water partition coefficient (Wildman–Crippen LogP) is 2.36. The third-order valence-electron chi connectivity index (χ3n) is 2.98. The highest BCUT2D eigenvalue weighted by Crippen LogP contribution is 2.29. The molecular weight excluding hydrogens is 250 g/mol. The van der Waals surface area contributed by atoms with E-state index in [1.165, 1.54) is 5.56 Å². The number of benzene rings is 2. The van der Waals surface area contributed by atoms with Crippen molar-refractivity contribution in [2.75, 3.05) is 13.7 Å². The molecule has 106 valence electrons. The molecule has 20 heavy (non-hydrogen) atoms. The Bertz CT molecular complexity index is 526. The topological polar surface area (TPSA) is 35.1 Å². The molecule has 0 spiro atoms. The minimum atomic E-state index is 0.556. The first-order valence-corrected chi connectivity index (χ1v) is 7.03. The molecule has 0 radical (unpaired) electrons. The Balaban J connectivity index is 2.09. The molecule has 3 heteroatoms. The number of nitrogens with two attached hydrogens (primary N) is 1. The van der Waals surface area contributed by atoms with Crippen LogP contribution in [0.15, 0.2) is 48.5 Å². The lowest BCUT2D eigenvalue weighted by Crippen LogP contribution is -2.77. The van der Waals surface area contributed by atoms with Gasteiger partial charge in [0.1, 0.15) is 13.2 Å². The van der Waals surface area contributed by atoms with Crippen LogP contribution in [0.5, 0.6) is 11.5 Å². The van der Waals surface area contributed by atoms with Crippen LogP contribution in [-0.4, -0.2) is 13.7 Å². The second kappa shape index (κ2) is 7.56. The van der Waals surface area contributed by atoms with Gasteiger partial charge in [-0.25, -0.2) is 0 Å². The van der Waals surface area contributed by atoms with E-state index in [9.17, 15) is 0 Å². The fraction of sp³-hybridized carbons (Fsp3) is 0.294. The maximum Gasteiger partial charge on any atom is 0.161 e. The van der Waals surface area contributed by atoms with Crippen LogP contribution in [0.4, 0.5) is 0 Å². The van der Waals surface area contributed by atoms with Gasteiger partial charge in [-0.2, -0.15) is 0 Å². The average molecular weight is 272 g/mol. The Morgan fingerprint density at radius 3 is 2.40 bits per heavy atom. The quantitative estimate of drug-likeness (QED) is 0.839. The molecule has 0 saturated heterocycles. The van der Waals surface area contributed by atoms with E-state index in [0.29, 0.717) is 13.2 Å². The van der Waals surface area contributed by atoms with Gasteiger partial charge in [-0.3, -0.25) is 0 Å². The van der Waals surface area contributed by atoms with Crippen molar-refractivity contribution in [2.24, 2.45) is 0 Å². The number of quaternary nitrogens is 1. The fourth-order valence-corrected chi connectivity index (χ4v) is 2.04. The van der Waals surface area contributed by atoms with Crippen molar-refractivity contribution in [3.05, 3.63) is 59.7 Å². The van der Waals surface area contributed by atoms with Crippen molar-refractivity contribution in [1.29, 1.82) is 0 Å². The summed E-state index contributed by atoms with van der Waals surface area (Å²) in [5.74, 6) is 1.62. The lowest BCUT2D eigenvalue weighted by Gasteiger charge is -2.13. The van der Waals surface area contributed by atoms with Gasteiger partial charge in [-0.1, -0.05) is 30.3 Å². The van der Waals surface area contributed by atoms with Gasteiger partial charge in [-0.05, 0) is 30.7 Å². The Morgan fingerprint density at radius 1 is 0.900 bits per heavy atom. The van der Waals surface area contributed by atoms with Crippen molar-refractivity contribution >= 4 is 0 Å². The van der Waals surface area contributed by atoms with Crippen molar-refractivity contribution in [3.63, 3.8) is 0 Å². The molecule has 0 aromatic heterocycles. The molecule has 0 amide bonds. The zero-order valence-electron chi connectivity index (χ0n) is 12.1. The maximum absolute atomic E-state index is 5.87. The summed E-state index contributed by atoms with van der Waals surface area (Å²) < 4.78 is 11.5. The first-order valence-electron chi connectivity index (χ1n) is 7.03. The van der Waals surface area contributed by atoms with Gasteiger partial charge in [0.05, 0.1) is 13.7 Å². The van der Waals surface area contributed by atoms with Crippen LogP contribution in [-0.2, 0) is 13.2 Å². The van der Waals surface area contributed by atoms with Gasteiger partial charge < -0.3 is 14.8 Å². The predicted molar refractivity (Wildman–Crippen MR) is 79.9 cm³/mol. The molecular formula is C17H22NO2+. The molecule has 2 N–H and O–H groups in total. The van der Waals surface area contributed by atoms with E-state index in [1.54, 1.807) is 0 Å². The zero-order chi connectivity index (χ0) is 14.2. The van der Waals surface area contributed by atoms with Crippen LogP contribution in [0, 0.1) is 0 Å². The van der Waals surface area contributed by atoms with Crippen LogP contribution in [0.3, 0.4) is 0 Å². The largest absolute Gasteiger partial charge is 0.490 e. The van der Waals surface area contributed by atoms with Crippen molar-refractivity contribution < 1.29 is 14.8 Å². The molecule has 0 aliphatic heterocycles. The van der Waals surface area contributed by atoms with Crippen LogP contribution in [0.2, 0.25) is 0 Å². The van der Waals surface area contributed by atoms with Crippen LogP contribution < -0.4 is 14.8 Å². The summed E-state index contributed by atoms with van der Waals surface area (Å²) in [5, 5.41) is 2.13. The van der Waals surface area contributed by atoms with Gasteiger partial charge in [0.2, 0.25) is 0 Å². The third kappa shape index (κ3) is 4.00. The second-order valence-corrected chi connectivity index (χ2v) is 4.60. The summed E-state index contributed by atoms with van der Waals surface area (Å²) in [7, 11) is 2.06. The first kappa shape index (κ1) is 14.4. The van der Waals surface area contributed by atoms with Crippen molar-refractivity contribution in [2.45, 2.75) is 20.1 Å². The number of ether oxygens (including phenoxy) is 2. The van der Waals surface area contributed by atoms with E-state index < -0.39 is 0 Å². The van der Waals surface area contributed by atoms with E-state index >= 15 is 0 Å². The summed E-state index contributed by atoms with van der Waals surface area (Å²) >= 11 is 0. The molecule has 3 nitrogen and oxygen atoms in total. The highest BCUT2D eigenvalue weighted by atomic mass is 16.5. The minimum absolute atomic E-state index is 0.556. The Hall–Kier alpha value is -2.00. The van der Waals surface area contributed by atoms with E-state index in [0.717, 1.165) is 23.6 Å². The first-order chi connectivity index (χ1) is 9.83. The van der Waals surface area contributed by atoms with Crippen LogP contribution >= 0.6 is 0 Å². The standard InChI is InChI=1S/C17H21NO2/c1-3-19-17-11-15(12-18-2)9-10-16(17)20-13-14-7-5-4-6-8-14/h4-11,18H,3,12-13H2,1-2H3/p+1. The van der Waals surface area contributed by atoms with Crippen LogP contribution in [0.25, 0.3) is 0 Å². The third-order valence-corrected chi connectivity index (χ3v) is 2.98. The van der Waals surface area contributed by atoms with E-state index in [2.05, 4.69) is 36.6 Å². The van der Waals surface area contributed by atoms with Crippen molar-refractivity contribution in [3.8, 4) is 11.5 Å². The smallest absolute Gasteiger partial charge is 0.161 e. The van der Waals surface area contributed by atoms with Gasteiger partial charge in [0, 0.05) is 5.56 Å². The molecule has 0 fully saturated rings. The molecule has 0 heterocycles. The number of hydrogen-bond donors (Lipinski definition) is 1. The van der Waals surface area contributed by atoms with E-state index in [1.807, 2.05) is 31.2 Å². The lowest BCUT2D eigenvalue weighted by molar-refractivity contribution is -0.643. The number of hydrogen-bond acceptors (Lipinski definition) is 2. The molecule has 0 saturated carbocycles. The SMILES string of the molecule is CCOc1cc(C[NH2+]C)ccc1OCc1ccccc1. The normalized spacial score (nSPS) is 10.3. The second-order valence-electron chi connectivity index (χ2n) is 4.60. The minimum Gasteiger partial charge on any atom is -0.490 e.